The zero-order valence-corrected chi connectivity index (χ0v) is 8.17. The van der Waals surface area contributed by atoms with Crippen molar-refractivity contribution in [2.75, 3.05) is 6.54 Å². The fraction of sp³-hybridized carbons (Fsp3) is 0.444. The van der Waals surface area contributed by atoms with E-state index < -0.39 is 0 Å². The summed E-state index contributed by atoms with van der Waals surface area (Å²) in [6.07, 6.45) is 3.53. The largest absolute Gasteiger partial charge is 0.330 e. The molecule has 4 N–H and O–H groups in total. The van der Waals surface area contributed by atoms with Crippen molar-refractivity contribution < 1.29 is 0 Å². The molecule has 1 aromatic heterocycles. The molecule has 13 heavy (non-hydrogen) atoms. The number of nitrogens with zero attached hydrogens (tertiary/aromatic N) is 1. The molecule has 0 bridgehead atoms. The van der Waals surface area contributed by atoms with Gasteiger partial charge in [-0.05, 0) is 31.0 Å². The molecule has 0 aliphatic heterocycles. The maximum absolute atomic E-state index is 5.89. The number of hydrogen-bond acceptors (Lipinski definition) is 3. The molecule has 0 aliphatic carbocycles. The van der Waals surface area contributed by atoms with Gasteiger partial charge in [-0.1, -0.05) is 17.7 Å². The van der Waals surface area contributed by atoms with Crippen molar-refractivity contribution in [2.24, 2.45) is 11.5 Å². The van der Waals surface area contributed by atoms with Gasteiger partial charge in [0.25, 0.3) is 0 Å². The summed E-state index contributed by atoms with van der Waals surface area (Å²) in [4.78, 5) is 3.96. The van der Waals surface area contributed by atoms with Gasteiger partial charge in [0, 0.05) is 12.2 Å². The van der Waals surface area contributed by atoms with Crippen molar-refractivity contribution in [3.8, 4) is 0 Å². The van der Waals surface area contributed by atoms with Crippen LogP contribution in [-0.2, 0) is 0 Å². The lowest BCUT2D eigenvalue weighted by Crippen LogP contribution is -2.12. The second kappa shape index (κ2) is 5.17. The molecule has 0 amide bonds. The summed E-state index contributed by atoms with van der Waals surface area (Å²) in [5.74, 6) is 0. The maximum atomic E-state index is 5.89. The first-order chi connectivity index (χ1) is 6.24. The van der Waals surface area contributed by atoms with Crippen LogP contribution in [0.1, 0.15) is 24.4 Å². The van der Waals surface area contributed by atoms with Crippen LogP contribution in [-0.4, -0.2) is 11.5 Å². The van der Waals surface area contributed by atoms with E-state index in [0.29, 0.717) is 11.7 Å². The molecule has 4 heteroatoms. The molecule has 0 saturated carbocycles. The highest BCUT2D eigenvalue weighted by atomic mass is 35.5. The van der Waals surface area contributed by atoms with Crippen molar-refractivity contribution in [1.82, 2.24) is 4.98 Å². The monoisotopic (exact) mass is 199 g/mol. The average Bonchev–Trinajstić information content (AvgIpc) is 2.15. The molecule has 1 heterocycles. The van der Waals surface area contributed by atoms with E-state index in [1.807, 2.05) is 6.07 Å². The van der Waals surface area contributed by atoms with Crippen molar-refractivity contribution in [2.45, 2.75) is 18.9 Å². The third kappa shape index (κ3) is 3.30. The SMILES string of the molecule is NCCC[C@@H](N)c1ccc(Cl)nc1. The van der Waals surface area contributed by atoms with Crippen molar-refractivity contribution in [3.63, 3.8) is 0 Å². The number of hydrogen-bond donors (Lipinski definition) is 2. The van der Waals surface area contributed by atoms with E-state index in [1.54, 1.807) is 12.3 Å². The number of halogens is 1. The lowest BCUT2D eigenvalue weighted by molar-refractivity contribution is 0.616. The van der Waals surface area contributed by atoms with Crippen LogP contribution in [0, 0.1) is 0 Å². The molecular weight excluding hydrogens is 186 g/mol. The Kier molecular flexibility index (Phi) is 4.15. The fourth-order valence-corrected chi connectivity index (χ4v) is 1.22. The van der Waals surface area contributed by atoms with Gasteiger partial charge in [-0.3, -0.25) is 0 Å². The van der Waals surface area contributed by atoms with Gasteiger partial charge in [-0.15, -0.1) is 0 Å². The number of aromatic nitrogens is 1. The van der Waals surface area contributed by atoms with E-state index in [1.165, 1.54) is 0 Å². The molecule has 1 aromatic rings. The van der Waals surface area contributed by atoms with E-state index in [9.17, 15) is 0 Å². The first kappa shape index (κ1) is 10.4. The van der Waals surface area contributed by atoms with Crippen LogP contribution in [0.5, 0.6) is 0 Å². The summed E-state index contributed by atoms with van der Waals surface area (Å²) >= 11 is 5.65. The van der Waals surface area contributed by atoms with Gasteiger partial charge in [0.05, 0.1) is 0 Å². The topological polar surface area (TPSA) is 64.9 Å². The van der Waals surface area contributed by atoms with Gasteiger partial charge in [-0.25, -0.2) is 4.98 Å². The Balaban J connectivity index is 2.55. The van der Waals surface area contributed by atoms with Crippen LogP contribution >= 0.6 is 11.6 Å². The fourth-order valence-electron chi connectivity index (χ4n) is 1.11. The van der Waals surface area contributed by atoms with Gasteiger partial charge in [-0.2, -0.15) is 0 Å². The molecule has 0 fully saturated rings. The Morgan fingerprint density at radius 1 is 1.46 bits per heavy atom. The molecule has 0 aliphatic rings. The van der Waals surface area contributed by atoms with E-state index in [-0.39, 0.29) is 6.04 Å². The second-order valence-corrected chi connectivity index (χ2v) is 3.34. The highest BCUT2D eigenvalue weighted by Crippen LogP contribution is 2.15. The summed E-state index contributed by atoms with van der Waals surface area (Å²) in [5, 5.41) is 0.495. The van der Waals surface area contributed by atoms with Crippen LogP contribution in [0.3, 0.4) is 0 Å². The van der Waals surface area contributed by atoms with Crippen LogP contribution in [0.4, 0.5) is 0 Å². The lowest BCUT2D eigenvalue weighted by Gasteiger charge is -2.10. The zero-order valence-electron chi connectivity index (χ0n) is 7.41. The van der Waals surface area contributed by atoms with Gasteiger partial charge < -0.3 is 11.5 Å². The third-order valence-corrected chi connectivity index (χ3v) is 2.12. The third-order valence-electron chi connectivity index (χ3n) is 1.90. The number of pyridine rings is 1. The smallest absolute Gasteiger partial charge is 0.129 e. The van der Waals surface area contributed by atoms with Gasteiger partial charge in [0.15, 0.2) is 0 Å². The lowest BCUT2D eigenvalue weighted by atomic mass is 10.1. The first-order valence-electron chi connectivity index (χ1n) is 4.31. The van der Waals surface area contributed by atoms with Crippen LogP contribution < -0.4 is 11.5 Å². The van der Waals surface area contributed by atoms with Crippen LogP contribution in [0.25, 0.3) is 0 Å². The standard InChI is InChI=1S/C9H14ClN3/c10-9-4-3-7(6-13-9)8(12)2-1-5-11/h3-4,6,8H,1-2,5,11-12H2/t8-/m1/s1. The van der Waals surface area contributed by atoms with E-state index >= 15 is 0 Å². The zero-order chi connectivity index (χ0) is 9.68. The Bertz CT molecular complexity index is 248. The Labute approximate surface area is 83.1 Å². The van der Waals surface area contributed by atoms with Crippen molar-refractivity contribution >= 4 is 11.6 Å². The van der Waals surface area contributed by atoms with E-state index in [2.05, 4.69) is 4.98 Å². The first-order valence-corrected chi connectivity index (χ1v) is 4.69. The van der Waals surface area contributed by atoms with Gasteiger partial charge in [0.1, 0.15) is 5.15 Å². The number of nitrogens with two attached hydrogens (primary N) is 2. The van der Waals surface area contributed by atoms with Crippen LogP contribution in [0.2, 0.25) is 5.15 Å². The van der Waals surface area contributed by atoms with Gasteiger partial charge >= 0.3 is 0 Å². The minimum Gasteiger partial charge on any atom is -0.330 e. The van der Waals surface area contributed by atoms with Crippen molar-refractivity contribution in [1.29, 1.82) is 0 Å². The van der Waals surface area contributed by atoms with Gasteiger partial charge in [0.2, 0.25) is 0 Å². The molecule has 1 rings (SSSR count). The quantitative estimate of drug-likeness (QED) is 0.722. The molecule has 3 nitrogen and oxygen atoms in total. The van der Waals surface area contributed by atoms with Crippen LogP contribution in [0.15, 0.2) is 18.3 Å². The average molecular weight is 200 g/mol. The molecule has 0 spiro atoms. The van der Waals surface area contributed by atoms with Crippen molar-refractivity contribution in [3.05, 3.63) is 29.0 Å². The summed E-state index contributed by atoms with van der Waals surface area (Å²) in [6, 6.07) is 3.67. The summed E-state index contributed by atoms with van der Waals surface area (Å²) in [6.45, 7) is 0.675. The Morgan fingerprint density at radius 3 is 2.77 bits per heavy atom. The summed E-state index contributed by atoms with van der Waals surface area (Å²) in [5.41, 5.74) is 12.3. The molecule has 0 unspecified atom stereocenters. The molecule has 0 radical (unpaired) electrons. The molecule has 0 aromatic carbocycles. The normalized spacial score (nSPS) is 12.8. The predicted octanol–water partition coefficient (Wildman–Crippen LogP) is 1.47. The maximum Gasteiger partial charge on any atom is 0.129 e. The molecule has 1 atom stereocenters. The summed E-state index contributed by atoms with van der Waals surface area (Å²) < 4.78 is 0. The predicted molar refractivity (Wildman–Crippen MR) is 54.5 cm³/mol. The Hall–Kier alpha value is -0.640. The molecule has 72 valence electrons. The highest BCUT2D eigenvalue weighted by Gasteiger charge is 2.04. The minimum atomic E-state index is 0.0216. The summed E-state index contributed by atoms with van der Waals surface area (Å²) in [7, 11) is 0. The van der Waals surface area contributed by atoms with E-state index in [0.717, 1.165) is 18.4 Å². The Morgan fingerprint density at radius 2 is 2.23 bits per heavy atom. The minimum absolute atomic E-state index is 0.0216. The highest BCUT2D eigenvalue weighted by molar-refractivity contribution is 6.29. The second-order valence-electron chi connectivity index (χ2n) is 2.95. The molecular formula is C9H14ClN3. The number of rotatable bonds is 4. The molecule has 0 saturated heterocycles. The van der Waals surface area contributed by atoms with E-state index in [4.69, 9.17) is 23.1 Å².